The molecule has 0 spiro atoms. The molecule has 1 aliphatic rings. The number of imidazole rings is 1. The highest BCUT2D eigenvalue weighted by Crippen LogP contribution is 2.30. The molecule has 0 amide bonds. The van der Waals surface area contributed by atoms with Gasteiger partial charge in [0, 0.05) is 19.1 Å². The van der Waals surface area contributed by atoms with Crippen molar-refractivity contribution in [3.05, 3.63) is 41.5 Å². The van der Waals surface area contributed by atoms with Crippen molar-refractivity contribution in [2.45, 2.75) is 19.4 Å². The third-order valence-corrected chi connectivity index (χ3v) is 5.08. The lowest BCUT2D eigenvalue weighted by Gasteiger charge is -2.23. The van der Waals surface area contributed by atoms with E-state index in [2.05, 4.69) is 46.5 Å². The summed E-state index contributed by atoms with van der Waals surface area (Å²) in [5.41, 5.74) is 4.42. The van der Waals surface area contributed by atoms with Crippen molar-refractivity contribution in [1.82, 2.24) is 14.3 Å². The summed E-state index contributed by atoms with van der Waals surface area (Å²) in [6.07, 6.45) is 1.15. The number of pyridine rings is 1. The van der Waals surface area contributed by atoms with Gasteiger partial charge < -0.3 is 9.80 Å². The summed E-state index contributed by atoms with van der Waals surface area (Å²) in [4.78, 5) is 9.44. The van der Waals surface area contributed by atoms with Crippen molar-refractivity contribution in [1.29, 1.82) is 5.26 Å². The van der Waals surface area contributed by atoms with Crippen LogP contribution < -0.4 is 4.90 Å². The Kier molecular flexibility index (Phi) is 3.43. The monoisotopic (exact) mass is 319 g/mol. The average Bonchev–Trinajstić information content (AvgIpc) is 3.19. The zero-order valence-electron chi connectivity index (χ0n) is 14.3. The maximum absolute atomic E-state index is 9.59. The molecule has 1 aliphatic heterocycles. The quantitative estimate of drug-likeness (QED) is 0.729. The van der Waals surface area contributed by atoms with Gasteiger partial charge in [-0.2, -0.15) is 5.26 Å². The van der Waals surface area contributed by atoms with E-state index in [1.807, 2.05) is 25.1 Å². The maximum Gasteiger partial charge on any atom is 0.157 e. The standard InChI is InChI=1S/C19H21N5/c1-13-10-18(23-9-8-14(12-23)22(2)3)24-17-7-5-4-6-16(17)21-19(24)15(13)11-20/h4-7,10,14H,8-9,12H2,1-3H3/t14-/m0/s1. The highest BCUT2D eigenvalue weighted by atomic mass is 15.3. The molecule has 3 aromatic rings. The van der Waals surface area contributed by atoms with E-state index >= 15 is 0 Å². The number of nitriles is 1. The molecule has 0 aliphatic carbocycles. The molecule has 2 aromatic heterocycles. The first-order valence-corrected chi connectivity index (χ1v) is 8.32. The van der Waals surface area contributed by atoms with Crippen LogP contribution in [-0.2, 0) is 0 Å². The fraction of sp³-hybridized carbons (Fsp3) is 0.368. The summed E-state index contributed by atoms with van der Waals surface area (Å²) in [6.45, 7) is 4.02. The first-order chi connectivity index (χ1) is 11.6. The number of aryl methyl sites for hydroxylation is 1. The smallest absolute Gasteiger partial charge is 0.157 e. The molecule has 1 aromatic carbocycles. The highest BCUT2D eigenvalue weighted by Gasteiger charge is 2.27. The lowest BCUT2D eigenvalue weighted by atomic mass is 10.1. The van der Waals surface area contributed by atoms with Gasteiger partial charge in [0.05, 0.1) is 16.6 Å². The van der Waals surface area contributed by atoms with Crippen LogP contribution in [0.2, 0.25) is 0 Å². The number of hydrogen-bond donors (Lipinski definition) is 0. The predicted octanol–water partition coefficient (Wildman–Crippen LogP) is 2.81. The molecule has 0 saturated carbocycles. The lowest BCUT2D eigenvalue weighted by molar-refractivity contribution is 0.315. The van der Waals surface area contributed by atoms with Gasteiger partial charge in [-0.25, -0.2) is 4.98 Å². The largest absolute Gasteiger partial charge is 0.356 e. The Labute approximate surface area is 141 Å². The molecule has 3 heterocycles. The molecule has 1 saturated heterocycles. The molecule has 0 bridgehead atoms. The Bertz CT molecular complexity index is 963. The topological polar surface area (TPSA) is 47.6 Å². The highest BCUT2D eigenvalue weighted by molar-refractivity contribution is 5.85. The molecule has 5 nitrogen and oxygen atoms in total. The van der Waals surface area contributed by atoms with Crippen molar-refractivity contribution in [3.63, 3.8) is 0 Å². The minimum Gasteiger partial charge on any atom is -0.356 e. The van der Waals surface area contributed by atoms with Crippen molar-refractivity contribution < 1.29 is 0 Å². The van der Waals surface area contributed by atoms with Crippen LogP contribution in [0.25, 0.3) is 16.7 Å². The van der Waals surface area contributed by atoms with Crippen LogP contribution in [0.15, 0.2) is 30.3 Å². The average molecular weight is 319 g/mol. The number of para-hydroxylation sites is 2. The molecule has 1 fully saturated rings. The number of nitrogens with zero attached hydrogens (tertiary/aromatic N) is 5. The number of rotatable bonds is 2. The molecular formula is C19H21N5. The minimum absolute atomic E-state index is 0.561. The minimum atomic E-state index is 0.561. The molecule has 0 N–H and O–H groups in total. The van der Waals surface area contributed by atoms with Crippen LogP contribution in [0, 0.1) is 18.3 Å². The Morgan fingerprint density at radius 3 is 2.79 bits per heavy atom. The third-order valence-electron chi connectivity index (χ3n) is 5.08. The van der Waals surface area contributed by atoms with Gasteiger partial charge in [0.15, 0.2) is 5.65 Å². The number of aromatic nitrogens is 2. The Morgan fingerprint density at radius 1 is 1.29 bits per heavy atom. The van der Waals surface area contributed by atoms with Crippen LogP contribution in [-0.4, -0.2) is 47.5 Å². The van der Waals surface area contributed by atoms with Gasteiger partial charge in [0.25, 0.3) is 0 Å². The molecule has 4 rings (SSSR count). The second kappa shape index (κ2) is 5.50. The van der Waals surface area contributed by atoms with Crippen LogP contribution >= 0.6 is 0 Å². The Hall–Kier alpha value is -2.58. The fourth-order valence-corrected chi connectivity index (χ4v) is 3.67. The van der Waals surface area contributed by atoms with Gasteiger partial charge >= 0.3 is 0 Å². The SMILES string of the molecule is Cc1cc(N2CC[C@H](N(C)C)C2)n2c(nc3ccccc32)c1C#N. The number of fused-ring (bicyclic) bond motifs is 3. The second-order valence-corrected chi connectivity index (χ2v) is 6.78. The van der Waals surface area contributed by atoms with E-state index in [-0.39, 0.29) is 0 Å². The van der Waals surface area contributed by atoms with E-state index in [0.717, 1.165) is 47.6 Å². The lowest BCUT2D eigenvalue weighted by Crippen LogP contribution is -2.32. The van der Waals surface area contributed by atoms with Crippen molar-refractivity contribution in [3.8, 4) is 6.07 Å². The number of benzene rings is 1. The van der Waals surface area contributed by atoms with Crippen LogP contribution in [0.3, 0.4) is 0 Å². The van der Waals surface area contributed by atoms with Gasteiger partial charge in [0.2, 0.25) is 0 Å². The summed E-state index contributed by atoms with van der Waals surface area (Å²) in [5, 5.41) is 9.59. The van der Waals surface area contributed by atoms with E-state index in [9.17, 15) is 5.26 Å². The first-order valence-electron chi connectivity index (χ1n) is 8.32. The van der Waals surface area contributed by atoms with Crippen molar-refractivity contribution in [2.75, 3.05) is 32.1 Å². The summed E-state index contributed by atoms with van der Waals surface area (Å²) >= 11 is 0. The zero-order valence-corrected chi connectivity index (χ0v) is 14.3. The molecule has 24 heavy (non-hydrogen) atoms. The van der Waals surface area contributed by atoms with E-state index in [1.165, 1.54) is 0 Å². The van der Waals surface area contributed by atoms with Crippen molar-refractivity contribution in [2.24, 2.45) is 0 Å². The van der Waals surface area contributed by atoms with Crippen LogP contribution in [0.4, 0.5) is 5.82 Å². The molecular weight excluding hydrogens is 298 g/mol. The normalized spacial score (nSPS) is 18.0. The number of anilines is 1. The Balaban J connectivity index is 1.97. The third kappa shape index (κ3) is 2.15. The first kappa shape index (κ1) is 15.0. The number of hydrogen-bond acceptors (Lipinski definition) is 4. The zero-order chi connectivity index (χ0) is 16.8. The van der Waals surface area contributed by atoms with Gasteiger partial charge in [0.1, 0.15) is 11.9 Å². The van der Waals surface area contributed by atoms with E-state index in [0.29, 0.717) is 11.6 Å². The summed E-state index contributed by atoms with van der Waals surface area (Å²) < 4.78 is 2.15. The Morgan fingerprint density at radius 2 is 2.08 bits per heavy atom. The summed E-state index contributed by atoms with van der Waals surface area (Å²) in [6, 6.07) is 13.1. The molecule has 122 valence electrons. The fourth-order valence-electron chi connectivity index (χ4n) is 3.67. The second-order valence-electron chi connectivity index (χ2n) is 6.78. The molecule has 0 radical (unpaired) electrons. The van der Waals surface area contributed by atoms with Gasteiger partial charge in [-0.3, -0.25) is 4.40 Å². The predicted molar refractivity (Wildman–Crippen MR) is 96.5 cm³/mol. The molecule has 0 unspecified atom stereocenters. The maximum atomic E-state index is 9.59. The summed E-state index contributed by atoms with van der Waals surface area (Å²) in [7, 11) is 4.28. The van der Waals surface area contributed by atoms with Crippen LogP contribution in [0.1, 0.15) is 17.5 Å². The van der Waals surface area contributed by atoms with E-state index < -0.39 is 0 Å². The summed E-state index contributed by atoms with van der Waals surface area (Å²) in [5.74, 6) is 1.14. The molecule has 1 atom stereocenters. The van der Waals surface area contributed by atoms with Crippen molar-refractivity contribution >= 4 is 22.5 Å². The molecule has 5 heteroatoms. The number of likely N-dealkylation sites (N-methyl/N-ethyl adjacent to an activating group) is 1. The van der Waals surface area contributed by atoms with E-state index in [1.54, 1.807) is 0 Å². The van der Waals surface area contributed by atoms with Gasteiger partial charge in [-0.1, -0.05) is 12.1 Å². The van der Waals surface area contributed by atoms with E-state index in [4.69, 9.17) is 4.98 Å². The van der Waals surface area contributed by atoms with Gasteiger partial charge in [-0.15, -0.1) is 0 Å². The van der Waals surface area contributed by atoms with Gasteiger partial charge in [-0.05, 0) is 51.2 Å². The van der Waals surface area contributed by atoms with Crippen LogP contribution in [0.5, 0.6) is 0 Å².